The summed E-state index contributed by atoms with van der Waals surface area (Å²) in [5, 5.41) is 7.02. The highest BCUT2D eigenvalue weighted by molar-refractivity contribution is 5.41. The third-order valence-electron chi connectivity index (χ3n) is 2.31. The van der Waals surface area contributed by atoms with Crippen molar-refractivity contribution in [2.45, 2.75) is 40.0 Å². The number of rotatable bonds is 4. The van der Waals surface area contributed by atoms with Crippen LogP contribution in [0.4, 0.5) is 5.82 Å². The summed E-state index contributed by atoms with van der Waals surface area (Å²) in [7, 11) is 0. The van der Waals surface area contributed by atoms with E-state index in [1.54, 1.807) is 0 Å². The summed E-state index contributed by atoms with van der Waals surface area (Å²) in [6.07, 6.45) is 3.22. The van der Waals surface area contributed by atoms with Gasteiger partial charge in [0.25, 0.3) is 0 Å². The van der Waals surface area contributed by atoms with Crippen molar-refractivity contribution in [3.05, 3.63) is 11.3 Å². The minimum Gasteiger partial charge on any atom is -0.382 e. The largest absolute Gasteiger partial charge is 0.382 e. The smallest absolute Gasteiger partial charge is 0.148 e. The summed E-state index contributed by atoms with van der Waals surface area (Å²) >= 11 is 0. The minimum atomic E-state index is 0.668. The van der Waals surface area contributed by atoms with Crippen molar-refractivity contribution < 1.29 is 0 Å². The molecule has 3 nitrogen and oxygen atoms in total. The van der Waals surface area contributed by atoms with Crippen molar-refractivity contribution in [2.75, 3.05) is 5.73 Å². The standard InChI is InChI=1S/C10H19N3/c1-4-8-9(6-5-7(2)3)12-13-10(8)11/h7H,4-6H2,1-3H3,(H3,11,12,13). The number of anilines is 1. The molecule has 0 radical (unpaired) electrons. The first-order chi connectivity index (χ1) is 6.15. The second-order valence-electron chi connectivity index (χ2n) is 3.85. The molecule has 3 N–H and O–H groups in total. The molecular weight excluding hydrogens is 162 g/mol. The fourth-order valence-electron chi connectivity index (χ4n) is 1.45. The molecule has 1 heterocycles. The van der Waals surface area contributed by atoms with E-state index in [1.807, 2.05) is 0 Å². The highest BCUT2D eigenvalue weighted by Gasteiger charge is 2.08. The molecular formula is C10H19N3. The third kappa shape index (κ3) is 2.47. The van der Waals surface area contributed by atoms with Crippen LogP contribution in [0.5, 0.6) is 0 Å². The first kappa shape index (κ1) is 10.1. The summed E-state index contributed by atoms with van der Waals surface area (Å²) in [5.74, 6) is 1.40. The Bertz CT molecular complexity index is 263. The maximum atomic E-state index is 5.72. The molecule has 3 heteroatoms. The number of H-pyrrole nitrogens is 1. The van der Waals surface area contributed by atoms with Gasteiger partial charge in [0, 0.05) is 11.3 Å². The van der Waals surface area contributed by atoms with Gasteiger partial charge in [-0.05, 0) is 25.2 Å². The van der Waals surface area contributed by atoms with Gasteiger partial charge < -0.3 is 5.73 Å². The predicted octanol–water partition coefficient (Wildman–Crippen LogP) is 2.14. The van der Waals surface area contributed by atoms with Crippen LogP contribution in [0.2, 0.25) is 0 Å². The van der Waals surface area contributed by atoms with Crippen molar-refractivity contribution >= 4 is 5.82 Å². The Morgan fingerprint density at radius 1 is 1.46 bits per heavy atom. The number of aromatic nitrogens is 2. The maximum Gasteiger partial charge on any atom is 0.148 e. The zero-order valence-corrected chi connectivity index (χ0v) is 8.72. The number of nitrogen functional groups attached to an aromatic ring is 1. The topological polar surface area (TPSA) is 54.7 Å². The number of hydrogen-bond acceptors (Lipinski definition) is 2. The van der Waals surface area contributed by atoms with Crippen LogP contribution in [0.25, 0.3) is 0 Å². The molecule has 0 spiro atoms. The lowest BCUT2D eigenvalue weighted by Gasteiger charge is -2.04. The lowest BCUT2D eigenvalue weighted by molar-refractivity contribution is 0.579. The Balaban J connectivity index is 2.65. The van der Waals surface area contributed by atoms with Gasteiger partial charge in [-0.15, -0.1) is 0 Å². The number of nitrogens with two attached hydrogens (primary N) is 1. The quantitative estimate of drug-likeness (QED) is 0.747. The molecule has 0 fully saturated rings. The zero-order chi connectivity index (χ0) is 9.84. The van der Waals surface area contributed by atoms with Gasteiger partial charge in [0.1, 0.15) is 5.82 Å². The summed E-state index contributed by atoms with van der Waals surface area (Å²) in [4.78, 5) is 0. The minimum absolute atomic E-state index is 0.668. The van der Waals surface area contributed by atoms with Crippen LogP contribution in [-0.2, 0) is 12.8 Å². The Hall–Kier alpha value is -0.990. The van der Waals surface area contributed by atoms with Crippen molar-refractivity contribution in [3.63, 3.8) is 0 Å². The normalized spacial score (nSPS) is 11.1. The van der Waals surface area contributed by atoms with E-state index in [-0.39, 0.29) is 0 Å². The summed E-state index contributed by atoms with van der Waals surface area (Å²) < 4.78 is 0. The van der Waals surface area contributed by atoms with E-state index in [2.05, 4.69) is 31.0 Å². The Kier molecular flexibility index (Phi) is 3.34. The van der Waals surface area contributed by atoms with Crippen molar-refractivity contribution in [2.24, 2.45) is 5.92 Å². The fourth-order valence-corrected chi connectivity index (χ4v) is 1.45. The summed E-state index contributed by atoms with van der Waals surface area (Å²) in [6, 6.07) is 0. The molecule has 0 saturated carbocycles. The molecule has 1 rings (SSSR count). The first-order valence-electron chi connectivity index (χ1n) is 4.96. The van der Waals surface area contributed by atoms with Crippen LogP contribution in [0.3, 0.4) is 0 Å². The van der Waals surface area contributed by atoms with Crippen molar-refractivity contribution in [1.82, 2.24) is 10.2 Å². The number of aryl methyl sites for hydroxylation is 1. The molecule has 0 aromatic carbocycles. The molecule has 0 aliphatic carbocycles. The van der Waals surface area contributed by atoms with E-state index < -0.39 is 0 Å². The molecule has 0 atom stereocenters. The van der Waals surface area contributed by atoms with Gasteiger partial charge in [0.15, 0.2) is 0 Å². The summed E-state index contributed by atoms with van der Waals surface area (Å²) in [6.45, 7) is 6.57. The highest BCUT2D eigenvalue weighted by Crippen LogP contribution is 2.17. The molecule has 0 bridgehead atoms. The summed E-state index contributed by atoms with van der Waals surface area (Å²) in [5.41, 5.74) is 8.13. The molecule has 1 aromatic heterocycles. The van der Waals surface area contributed by atoms with Gasteiger partial charge in [-0.1, -0.05) is 20.8 Å². The van der Waals surface area contributed by atoms with E-state index in [1.165, 1.54) is 17.7 Å². The Morgan fingerprint density at radius 3 is 2.69 bits per heavy atom. The number of nitrogens with one attached hydrogen (secondary N) is 1. The van der Waals surface area contributed by atoms with Crippen LogP contribution in [0, 0.1) is 5.92 Å². The molecule has 0 aliphatic heterocycles. The zero-order valence-electron chi connectivity index (χ0n) is 8.72. The van der Waals surface area contributed by atoms with Crippen molar-refractivity contribution in [1.29, 1.82) is 0 Å². The third-order valence-corrected chi connectivity index (χ3v) is 2.31. The van der Waals surface area contributed by atoms with Crippen LogP contribution < -0.4 is 5.73 Å². The van der Waals surface area contributed by atoms with Crippen LogP contribution >= 0.6 is 0 Å². The van der Waals surface area contributed by atoms with Gasteiger partial charge in [-0.25, -0.2) is 0 Å². The van der Waals surface area contributed by atoms with E-state index in [0.717, 1.165) is 18.8 Å². The lowest BCUT2D eigenvalue weighted by atomic mass is 10.0. The lowest BCUT2D eigenvalue weighted by Crippen LogP contribution is -1.97. The number of aromatic amines is 1. The second-order valence-corrected chi connectivity index (χ2v) is 3.85. The van der Waals surface area contributed by atoms with Gasteiger partial charge >= 0.3 is 0 Å². The number of hydrogen-bond donors (Lipinski definition) is 2. The average molecular weight is 181 g/mol. The van der Waals surface area contributed by atoms with Crippen LogP contribution in [-0.4, -0.2) is 10.2 Å². The predicted molar refractivity (Wildman–Crippen MR) is 55.5 cm³/mol. The molecule has 0 unspecified atom stereocenters. The molecule has 1 aromatic rings. The molecule has 0 amide bonds. The Morgan fingerprint density at radius 2 is 2.15 bits per heavy atom. The van der Waals surface area contributed by atoms with E-state index in [0.29, 0.717) is 5.82 Å². The van der Waals surface area contributed by atoms with Gasteiger partial charge in [0.05, 0.1) is 0 Å². The van der Waals surface area contributed by atoms with Gasteiger partial charge in [0.2, 0.25) is 0 Å². The Labute approximate surface area is 79.7 Å². The van der Waals surface area contributed by atoms with Crippen molar-refractivity contribution in [3.8, 4) is 0 Å². The van der Waals surface area contributed by atoms with Crippen LogP contribution in [0.1, 0.15) is 38.4 Å². The maximum absolute atomic E-state index is 5.72. The molecule has 74 valence electrons. The highest BCUT2D eigenvalue weighted by atomic mass is 15.2. The fraction of sp³-hybridized carbons (Fsp3) is 0.700. The van der Waals surface area contributed by atoms with Gasteiger partial charge in [-0.2, -0.15) is 5.10 Å². The monoisotopic (exact) mass is 181 g/mol. The molecule has 13 heavy (non-hydrogen) atoms. The molecule has 0 aliphatic rings. The average Bonchev–Trinajstić information content (AvgIpc) is 2.42. The van der Waals surface area contributed by atoms with E-state index >= 15 is 0 Å². The molecule has 0 saturated heterocycles. The second kappa shape index (κ2) is 4.30. The van der Waals surface area contributed by atoms with Crippen LogP contribution in [0.15, 0.2) is 0 Å². The SMILES string of the molecule is CCc1c(N)n[nH]c1CCC(C)C. The van der Waals surface area contributed by atoms with Gasteiger partial charge in [-0.3, -0.25) is 5.10 Å². The van der Waals surface area contributed by atoms with E-state index in [4.69, 9.17) is 5.73 Å². The first-order valence-corrected chi connectivity index (χ1v) is 4.96. The van der Waals surface area contributed by atoms with E-state index in [9.17, 15) is 0 Å². The number of nitrogens with zero attached hydrogens (tertiary/aromatic N) is 1.